The van der Waals surface area contributed by atoms with E-state index in [9.17, 15) is 4.79 Å². The minimum atomic E-state index is -0.389. The summed E-state index contributed by atoms with van der Waals surface area (Å²) in [5, 5.41) is 0. The number of fused-ring (bicyclic) bond motifs is 1. The number of para-hydroxylation sites is 1. The van der Waals surface area contributed by atoms with E-state index in [2.05, 4.69) is 32.6 Å². The molecule has 1 aliphatic heterocycles. The van der Waals surface area contributed by atoms with Gasteiger partial charge >= 0.3 is 5.76 Å². The van der Waals surface area contributed by atoms with Crippen LogP contribution in [0.1, 0.15) is 37.2 Å². The van der Waals surface area contributed by atoms with Crippen LogP contribution in [0.15, 0.2) is 39.8 Å². The molecular weight excluding hydrogens is 304 g/mol. The van der Waals surface area contributed by atoms with Crippen molar-refractivity contribution >= 4 is 11.1 Å². The highest BCUT2D eigenvalue weighted by Gasteiger charge is 2.23. The monoisotopic (exact) mass is 326 g/mol. The van der Waals surface area contributed by atoms with E-state index in [0.717, 1.165) is 43.0 Å². The molecule has 6 heteroatoms. The third-order valence-corrected chi connectivity index (χ3v) is 4.86. The van der Waals surface area contributed by atoms with Crippen molar-refractivity contribution in [2.24, 2.45) is 0 Å². The van der Waals surface area contributed by atoms with Gasteiger partial charge in [0.1, 0.15) is 5.82 Å². The van der Waals surface area contributed by atoms with Crippen LogP contribution in [0.4, 0.5) is 0 Å². The Labute approximate surface area is 140 Å². The largest absolute Gasteiger partial charge is 0.417 e. The molecule has 3 heterocycles. The Kier molecular flexibility index (Phi) is 3.98. The molecule has 1 atom stereocenters. The summed E-state index contributed by atoms with van der Waals surface area (Å²) in [7, 11) is 0. The SMILES string of the molecule is CCc1nccn1C1CCCN(Cc2cccc3[nH]c(=O)oc23)C1. The maximum Gasteiger partial charge on any atom is 0.417 e. The van der Waals surface area contributed by atoms with Crippen molar-refractivity contribution in [1.82, 2.24) is 19.4 Å². The first-order chi connectivity index (χ1) is 11.7. The maximum atomic E-state index is 11.5. The molecule has 126 valence electrons. The summed E-state index contributed by atoms with van der Waals surface area (Å²) in [4.78, 5) is 21.1. The number of hydrogen-bond acceptors (Lipinski definition) is 4. The number of aromatic nitrogens is 3. The van der Waals surface area contributed by atoms with Gasteiger partial charge < -0.3 is 8.98 Å². The molecular formula is C18H22N4O2. The van der Waals surface area contributed by atoms with Crippen LogP contribution in [0.5, 0.6) is 0 Å². The zero-order valence-corrected chi connectivity index (χ0v) is 13.9. The van der Waals surface area contributed by atoms with Crippen LogP contribution in [0, 0.1) is 0 Å². The van der Waals surface area contributed by atoms with Gasteiger partial charge in [0.2, 0.25) is 0 Å². The van der Waals surface area contributed by atoms with Gasteiger partial charge in [-0.1, -0.05) is 19.1 Å². The number of aryl methyl sites for hydroxylation is 1. The number of likely N-dealkylation sites (tertiary alicyclic amines) is 1. The maximum absolute atomic E-state index is 11.5. The Morgan fingerprint density at radius 3 is 3.21 bits per heavy atom. The Balaban J connectivity index is 1.55. The summed E-state index contributed by atoms with van der Waals surface area (Å²) in [6, 6.07) is 6.35. The average molecular weight is 326 g/mol. The molecule has 4 rings (SSSR count). The van der Waals surface area contributed by atoms with Crippen LogP contribution >= 0.6 is 0 Å². The number of hydrogen-bond donors (Lipinski definition) is 1. The summed E-state index contributed by atoms with van der Waals surface area (Å²) in [5.41, 5.74) is 2.52. The van der Waals surface area contributed by atoms with Crippen LogP contribution in [0.25, 0.3) is 11.1 Å². The number of nitrogens with one attached hydrogen (secondary N) is 1. The predicted molar refractivity (Wildman–Crippen MR) is 92.0 cm³/mol. The van der Waals surface area contributed by atoms with Gasteiger partial charge in [0.05, 0.1) is 5.52 Å². The first-order valence-electron chi connectivity index (χ1n) is 8.59. The zero-order chi connectivity index (χ0) is 16.5. The average Bonchev–Trinajstić information content (AvgIpc) is 3.21. The van der Waals surface area contributed by atoms with Crippen LogP contribution < -0.4 is 5.76 Å². The number of imidazole rings is 1. The molecule has 6 nitrogen and oxygen atoms in total. The summed E-state index contributed by atoms with van der Waals surface area (Å²) in [6.07, 6.45) is 7.30. The summed E-state index contributed by atoms with van der Waals surface area (Å²) in [5.74, 6) is 0.764. The molecule has 1 aliphatic rings. The fourth-order valence-corrected chi connectivity index (χ4v) is 3.75. The number of H-pyrrole nitrogens is 1. The molecule has 1 fully saturated rings. The second kappa shape index (κ2) is 6.28. The van der Waals surface area contributed by atoms with E-state index in [1.165, 1.54) is 12.8 Å². The minimum absolute atomic E-state index is 0.389. The number of aromatic amines is 1. The second-order valence-electron chi connectivity index (χ2n) is 6.44. The molecule has 0 spiro atoms. The standard InChI is InChI=1S/C18H22N4O2/c1-2-16-19-8-10-22(16)14-6-4-9-21(12-14)11-13-5-3-7-15-17(13)24-18(23)20-15/h3,5,7-8,10,14H,2,4,6,9,11-12H2,1H3,(H,20,23). The van der Waals surface area contributed by atoms with Gasteiger partial charge in [0.15, 0.2) is 5.58 Å². The Hall–Kier alpha value is -2.34. The van der Waals surface area contributed by atoms with Gasteiger partial charge in [-0.2, -0.15) is 0 Å². The van der Waals surface area contributed by atoms with Crippen molar-refractivity contribution in [2.75, 3.05) is 13.1 Å². The van der Waals surface area contributed by atoms with Gasteiger partial charge in [0.25, 0.3) is 0 Å². The van der Waals surface area contributed by atoms with Crippen molar-refractivity contribution in [2.45, 2.75) is 38.8 Å². The molecule has 24 heavy (non-hydrogen) atoms. The number of oxazole rings is 1. The van der Waals surface area contributed by atoms with E-state index in [1.807, 2.05) is 24.4 Å². The van der Waals surface area contributed by atoms with Crippen molar-refractivity contribution in [3.63, 3.8) is 0 Å². The highest BCUT2D eigenvalue weighted by molar-refractivity contribution is 5.75. The topological polar surface area (TPSA) is 67.1 Å². The van der Waals surface area contributed by atoms with Crippen LogP contribution in [-0.2, 0) is 13.0 Å². The summed E-state index contributed by atoms with van der Waals surface area (Å²) >= 11 is 0. The third-order valence-electron chi connectivity index (χ3n) is 4.86. The second-order valence-corrected chi connectivity index (χ2v) is 6.44. The van der Waals surface area contributed by atoms with Gasteiger partial charge in [-0.25, -0.2) is 9.78 Å². The molecule has 0 bridgehead atoms. The highest BCUT2D eigenvalue weighted by atomic mass is 16.4. The summed E-state index contributed by atoms with van der Waals surface area (Å²) < 4.78 is 7.65. The zero-order valence-electron chi connectivity index (χ0n) is 13.9. The number of nitrogens with zero attached hydrogens (tertiary/aromatic N) is 3. The van der Waals surface area contributed by atoms with Gasteiger partial charge in [-0.05, 0) is 25.5 Å². The first-order valence-corrected chi connectivity index (χ1v) is 8.59. The normalized spacial score (nSPS) is 19.1. The van der Waals surface area contributed by atoms with Gasteiger partial charge in [-0.3, -0.25) is 9.88 Å². The fourth-order valence-electron chi connectivity index (χ4n) is 3.75. The van der Waals surface area contributed by atoms with Crippen LogP contribution in [0.3, 0.4) is 0 Å². The molecule has 1 aromatic carbocycles. The lowest BCUT2D eigenvalue weighted by molar-refractivity contribution is 0.168. The van der Waals surface area contributed by atoms with E-state index in [0.29, 0.717) is 11.6 Å². The molecule has 0 amide bonds. The minimum Gasteiger partial charge on any atom is -0.408 e. The van der Waals surface area contributed by atoms with Crippen molar-refractivity contribution in [3.05, 3.63) is 52.5 Å². The quantitative estimate of drug-likeness (QED) is 0.800. The van der Waals surface area contributed by atoms with Crippen molar-refractivity contribution in [3.8, 4) is 0 Å². The van der Waals surface area contributed by atoms with E-state index >= 15 is 0 Å². The highest BCUT2D eigenvalue weighted by Crippen LogP contribution is 2.25. The Morgan fingerprint density at radius 2 is 2.33 bits per heavy atom. The van der Waals surface area contributed by atoms with Gasteiger partial charge in [0, 0.05) is 43.5 Å². The smallest absolute Gasteiger partial charge is 0.408 e. The lowest BCUT2D eigenvalue weighted by Gasteiger charge is -2.34. The molecule has 0 radical (unpaired) electrons. The van der Waals surface area contributed by atoms with E-state index in [4.69, 9.17) is 4.42 Å². The third kappa shape index (κ3) is 2.78. The molecule has 3 aromatic rings. The first kappa shape index (κ1) is 15.2. The lowest BCUT2D eigenvalue weighted by atomic mass is 10.0. The Morgan fingerprint density at radius 1 is 1.42 bits per heavy atom. The molecule has 2 aromatic heterocycles. The molecule has 1 N–H and O–H groups in total. The summed E-state index contributed by atoms with van der Waals surface area (Å²) in [6.45, 7) is 5.00. The molecule has 1 unspecified atom stereocenters. The fraction of sp³-hybridized carbons (Fsp3) is 0.444. The Bertz CT molecular complexity index is 892. The molecule has 1 saturated heterocycles. The number of piperidine rings is 1. The number of benzene rings is 1. The molecule has 0 aliphatic carbocycles. The van der Waals surface area contributed by atoms with E-state index < -0.39 is 0 Å². The number of rotatable bonds is 4. The molecule has 0 saturated carbocycles. The van der Waals surface area contributed by atoms with E-state index in [1.54, 1.807) is 0 Å². The van der Waals surface area contributed by atoms with Crippen molar-refractivity contribution < 1.29 is 4.42 Å². The van der Waals surface area contributed by atoms with Crippen molar-refractivity contribution in [1.29, 1.82) is 0 Å². The lowest BCUT2D eigenvalue weighted by Crippen LogP contribution is -2.36. The van der Waals surface area contributed by atoms with Crippen LogP contribution in [0.2, 0.25) is 0 Å². The van der Waals surface area contributed by atoms with E-state index in [-0.39, 0.29) is 5.76 Å². The predicted octanol–water partition coefficient (Wildman–Crippen LogP) is 2.72. The van der Waals surface area contributed by atoms with Crippen LogP contribution in [-0.4, -0.2) is 32.5 Å². The van der Waals surface area contributed by atoms with Gasteiger partial charge in [-0.15, -0.1) is 0 Å².